The minimum atomic E-state index is -4.41. The first-order valence-electron chi connectivity index (χ1n) is 11.7. The molecule has 0 aliphatic carbocycles. The molecule has 0 heterocycles. The molecule has 4 rings (SSSR count). The maximum Gasteiger partial charge on any atom is 0.524 e. The van der Waals surface area contributed by atoms with Gasteiger partial charge in [0.1, 0.15) is 23.0 Å². The number of hydrogen-bond acceptors (Lipinski definition) is 6. The molecular formula is C28H29NO6P2. The predicted octanol–water partition coefficient (Wildman–Crippen LogP) is 8.34. The van der Waals surface area contributed by atoms with E-state index in [1.165, 1.54) is 0 Å². The maximum absolute atomic E-state index is 14.3. The highest BCUT2D eigenvalue weighted by Crippen LogP contribution is 2.58. The van der Waals surface area contributed by atoms with Crippen LogP contribution in [-0.4, -0.2) is 0 Å². The van der Waals surface area contributed by atoms with E-state index in [2.05, 4.69) is 4.86 Å². The molecule has 0 atom stereocenters. The zero-order chi connectivity index (χ0) is 26.5. The Morgan fingerprint density at radius 2 is 0.649 bits per heavy atom. The Hall–Kier alpha value is -3.50. The van der Waals surface area contributed by atoms with Gasteiger partial charge in [-0.2, -0.15) is 0 Å². The predicted molar refractivity (Wildman–Crippen MR) is 146 cm³/mol. The lowest BCUT2D eigenvalue weighted by Crippen LogP contribution is -2.22. The van der Waals surface area contributed by atoms with Gasteiger partial charge in [-0.25, -0.2) is 9.13 Å². The Morgan fingerprint density at radius 3 is 0.865 bits per heavy atom. The van der Waals surface area contributed by atoms with E-state index in [9.17, 15) is 9.13 Å². The second kappa shape index (κ2) is 11.3. The summed E-state index contributed by atoms with van der Waals surface area (Å²) in [6.07, 6.45) is 0. The normalized spacial score (nSPS) is 11.6. The fourth-order valence-corrected chi connectivity index (χ4v) is 7.21. The summed E-state index contributed by atoms with van der Waals surface area (Å²) in [7, 11) is -8.81. The van der Waals surface area contributed by atoms with Gasteiger partial charge >= 0.3 is 15.5 Å². The lowest BCUT2D eigenvalue weighted by Gasteiger charge is -2.27. The van der Waals surface area contributed by atoms with Crippen LogP contribution in [-0.2, 0) is 9.13 Å². The summed E-state index contributed by atoms with van der Waals surface area (Å²) in [5, 5.41) is 0. The Balaban J connectivity index is 1.78. The molecule has 7 nitrogen and oxygen atoms in total. The van der Waals surface area contributed by atoms with Crippen molar-refractivity contribution in [3.63, 3.8) is 0 Å². The zero-order valence-electron chi connectivity index (χ0n) is 21.1. The quantitative estimate of drug-likeness (QED) is 0.204. The van der Waals surface area contributed by atoms with Gasteiger partial charge in [-0.1, -0.05) is 77.7 Å². The van der Waals surface area contributed by atoms with Gasteiger partial charge < -0.3 is 18.1 Å². The van der Waals surface area contributed by atoms with E-state index in [-0.39, 0.29) is 0 Å². The molecule has 0 aliphatic heterocycles. The molecule has 37 heavy (non-hydrogen) atoms. The van der Waals surface area contributed by atoms with Gasteiger partial charge in [0.15, 0.2) is 0 Å². The first-order chi connectivity index (χ1) is 17.7. The Labute approximate surface area is 217 Å². The summed E-state index contributed by atoms with van der Waals surface area (Å²) in [5.41, 5.74) is 2.86. The highest BCUT2D eigenvalue weighted by atomic mass is 31.3. The van der Waals surface area contributed by atoms with Gasteiger partial charge in [-0.3, -0.25) is 0 Å². The summed E-state index contributed by atoms with van der Waals surface area (Å²) in [6.45, 7) is 7.22. The average molecular weight is 537 g/mol. The number of aryl methyl sites for hydroxylation is 4. The summed E-state index contributed by atoms with van der Waals surface area (Å²) >= 11 is 0. The van der Waals surface area contributed by atoms with E-state index < -0.39 is 15.5 Å². The van der Waals surface area contributed by atoms with E-state index in [4.69, 9.17) is 18.1 Å². The fraction of sp³-hybridized carbons (Fsp3) is 0.143. The molecule has 0 saturated carbocycles. The number of para-hydroxylation sites is 4. The summed E-state index contributed by atoms with van der Waals surface area (Å²) in [4.78, 5) is 2.53. The molecule has 192 valence electrons. The Morgan fingerprint density at radius 1 is 0.432 bits per heavy atom. The van der Waals surface area contributed by atoms with Crippen LogP contribution < -0.4 is 23.0 Å². The van der Waals surface area contributed by atoms with Crippen molar-refractivity contribution in [2.45, 2.75) is 27.7 Å². The summed E-state index contributed by atoms with van der Waals surface area (Å²) in [6, 6.07) is 28.1. The number of benzene rings is 4. The van der Waals surface area contributed by atoms with Gasteiger partial charge in [-0.15, -0.1) is 0 Å². The molecule has 1 N–H and O–H groups in total. The van der Waals surface area contributed by atoms with Gasteiger partial charge in [0.05, 0.1) is 0 Å². The number of rotatable bonds is 10. The highest BCUT2D eigenvalue weighted by Gasteiger charge is 2.44. The first kappa shape index (κ1) is 26.6. The van der Waals surface area contributed by atoms with Crippen molar-refractivity contribution in [3.05, 3.63) is 119 Å². The van der Waals surface area contributed by atoms with Crippen molar-refractivity contribution in [1.29, 1.82) is 0 Å². The maximum atomic E-state index is 14.3. The Kier molecular flexibility index (Phi) is 8.09. The minimum Gasteiger partial charge on any atom is -0.404 e. The number of nitrogens with one attached hydrogen (secondary N) is 1. The van der Waals surface area contributed by atoms with Crippen LogP contribution in [0.3, 0.4) is 0 Å². The molecule has 9 heteroatoms. The van der Waals surface area contributed by atoms with E-state index in [0.717, 1.165) is 0 Å². The molecule has 0 aromatic heterocycles. The van der Waals surface area contributed by atoms with Crippen molar-refractivity contribution >= 4 is 15.5 Å². The molecular weight excluding hydrogens is 508 g/mol. The SMILES string of the molecule is Cc1ccccc1OP(=O)(NP(=O)(Oc1ccccc1C)Oc1ccccc1C)Oc1ccccc1C. The molecule has 0 amide bonds. The molecule has 0 fully saturated rings. The van der Waals surface area contributed by atoms with Crippen LogP contribution in [0.4, 0.5) is 0 Å². The highest BCUT2D eigenvalue weighted by molar-refractivity contribution is 7.68. The van der Waals surface area contributed by atoms with E-state index in [1.807, 2.05) is 24.3 Å². The molecule has 0 spiro atoms. The third-order valence-corrected chi connectivity index (χ3v) is 9.20. The van der Waals surface area contributed by atoms with E-state index in [0.29, 0.717) is 45.3 Å². The van der Waals surface area contributed by atoms with Crippen molar-refractivity contribution < 1.29 is 27.2 Å². The molecule has 0 saturated heterocycles. The molecule has 0 bridgehead atoms. The van der Waals surface area contributed by atoms with Crippen molar-refractivity contribution in [1.82, 2.24) is 4.86 Å². The monoisotopic (exact) mass is 537 g/mol. The minimum absolute atomic E-state index is 0.297. The lowest BCUT2D eigenvalue weighted by molar-refractivity contribution is 0.351. The van der Waals surface area contributed by atoms with Crippen LogP contribution in [0, 0.1) is 27.7 Å². The van der Waals surface area contributed by atoms with Gasteiger partial charge in [-0.05, 0) is 74.2 Å². The van der Waals surface area contributed by atoms with Crippen LogP contribution in [0.25, 0.3) is 0 Å². The molecule has 0 radical (unpaired) electrons. The van der Waals surface area contributed by atoms with Crippen molar-refractivity contribution in [3.8, 4) is 23.0 Å². The molecule has 0 unspecified atom stereocenters. The molecule has 4 aromatic rings. The van der Waals surface area contributed by atoms with Crippen LogP contribution >= 0.6 is 15.5 Å². The van der Waals surface area contributed by atoms with E-state index >= 15 is 0 Å². The van der Waals surface area contributed by atoms with Gasteiger partial charge in [0, 0.05) is 0 Å². The zero-order valence-corrected chi connectivity index (χ0v) is 22.9. The second-order valence-electron chi connectivity index (χ2n) is 8.52. The topological polar surface area (TPSA) is 83.1 Å². The van der Waals surface area contributed by atoms with Crippen LogP contribution in [0.2, 0.25) is 0 Å². The third kappa shape index (κ3) is 6.84. The molecule has 0 aliphatic rings. The van der Waals surface area contributed by atoms with Crippen LogP contribution in [0.5, 0.6) is 23.0 Å². The second-order valence-corrected chi connectivity index (χ2v) is 12.0. The van der Waals surface area contributed by atoms with Gasteiger partial charge in [0.25, 0.3) is 0 Å². The smallest absolute Gasteiger partial charge is 0.404 e. The van der Waals surface area contributed by atoms with Crippen molar-refractivity contribution in [2.75, 3.05) is 0 Å². The average Bonchev–Trinajstić information content (AvgIpc) is 2.85. The first-order valence-corrected chi connectivity index (χ1v) is 14.8. The standard InChI is InChI=1S/C28H29NO6P2/c1-21-13-5-9-17-25(21)32-36(30,33-26-18-10-6-14-22(26)2)29-37(31,34-27-19-11-7-15-23(27)3)35-28-20-12-8-16-24(28)4/h5-20H,1-4H3,(H,29,30,31). The molecule has 4 aromatic carbocycles. The fourth-order valence-electron chi connectivity index (χ4n) is 3.42. The van der Waals surface area contributed by atoms with Crippen molar-refractivity contribution in [2.24, 2.45) is 0 Å². The third-order valence-electron chi connectivity index (χ3n) is 5.49. The summed E-state index contributed by atoms with van der Waals surface area (Å²) in [5.74, 6) is 1.19. The lowest BCUT2D eigenvalue weighted by atomic mass is 10.2. The van der Waals surface area contributed by atoms with Gasteiger partial charge in [0.2, 0.25) is 0 Å². The van der Waals surface area contributed by atoms with E-state index in [1.54, 1.807) is 100 Å². The number of hydrogen-bond donors (Lipinski definition) is 1. The summed E-state index contributed by atoms with van der Waals surface area (Å²) < 4.78 is 52.3. The largest absolute Gasteiger partial charge is 0.524 e. The van der Waals surface area contributed by atoms with Crippen LogP contribution in [0.1, 0.15) is 22.3 Å². The Bertz CT molecular complexity index is 1280. The van der Waals surface area contributed by atoms with Crippen LogP contribution in [0.15, 0.2) is 97.1 Å².